The molecule has 1 amide bonds. The molecular weight excluding hydrogens is 248 g/mol. The number of hydrogen-bond acceptors (Lipinski definition) is 4. The Hall–Kier alpha value is -0.260. The highest BCUT2D eigenvalue weighted by atomic mass is 32.2. The van der Waals surface area contributed by atoms with Crippen molar-refractivity contribution in [1.29, 1.82) is 0 Å². The van der Waals surface area contributed by atoms with Crippen LogP contribution in [0.1, 0.15) is 25.7 Å². The number of methoxy groups -OCH3 is 1. The zero-order valence-corrected chi connectivity index (χ0v) is 12.0. The molecule has 0 spiro atoms. The maximum atomic E-state index is 12.4. The summed E-state index contributed by atoms with van der Waals surface area (Å²) in [7, 11) is 1.70. The van der Waals surface area contributed by atoms with Gasteiger partial charge < -0.3 is 15.0 Å². The second kappa shape index (κ2) is 7.36. The van der Waals surface area contributed by atoms with Crippen molar-refractivity contribution in [2.24, 2.45) is 0 Å². The van der Waals surface area contributed by atoms with E-state index >= 15 is 0 Å². The number of amides is 1. The first-order valence-corrected chi connectivity index (χ1v) is 8.06. The van der Waals surface area contributed by atoms with Gasteiger partial charge in [-0.05, 0) is 31.6 Å². The molecule has 0 aliphatic carbocycles. The second-order valence-corrected chi connectivity index (χ2v) is 6.24. The van der Waals surface area contributed by atoms with E-state index < -0.39 is 0 Å². The number of nitrogens with one attached hydrogen (secondary N) is 1. The average molecular weight is 272 g/mol. The maximum Gasteiger partial charge on any atom is 0.224 e. The Balaban J connectivity index is 1.86. The minimum atomic E-state index is 0.305. The molecular formula is C13H24N2O2S. The lowest BCUT2D eigenvalue weighted by Crippen LogP contribution is -2.44. The van der Waals surface area contributed by atoms with Gasteiger partial charge in [0.05, 0.1) is 6.61 Å². The van der Waals surface area contributed by atoms with Crippen molar-refractivity contribution in [3.05, 3.63) is 0 Å². The van der Waals surface area contributed by atoms with Gasteiger partial charge in [0.25, 0.3) is 0 Å². The molecule has 2 aliphatic rings. The van der Waals surface area contributed by atoms with Crippen LogP contribution in [0.4, 0.5) is 0 Å². The number of carbonyl (C=O) groups is 1. The third kappa shape index (κ3) is 3.87. The first kappa shape index (κ1) is 14.2. The van der Waals surface area contributed by atoms with Gasteiger partial charge in [0.15, 0.2) is 0 Å². The van der Waals surface area contributed by atoms with Crippen LogP contribution in [0.15, 0.2) is 0 Å². The van der Waals surface area contributed by atoms with Crippen LogP contribution in [0.25, 0.3) is 0 Å². The van der Waals surface area contributed by atoms with Crippen molar-refractivity contribution >= 4 is 17.7 Å². The number of nitrogens with zero attached hydrogens (tertiary/aromatic N) is 1. The highest BCUT2D eigenvalue weighted by Crippen LogP contribution is 2.23. The fourth-order valence-electron chi connectivity index (χ4n) is 2.73. The first-order chi connectivity index (χ1) is 8.81. The number of rotatable bonds is 6. The molecule has 2 unspecified atom stereocenters. The fourth-order valence-corrected chi connectivity index (χ4v) is 3.95. The second-order valence-electron chi connectivity index (χ2n) is 5.09. The Bertz CT molecular complexity index is 264. The SMILES string of the molecule is COCCN(C(=O)CC1CCCN1)C1CCSC1. The van der Waals surface area contributed by atoms with E-state index in [-0.39, 0.29) is 0 Å². The summed E-state index contributed by atoms with van der Waals surface area (Å²) in [6.45, 7) is 2.45. The lowest BCUT2D eigenvalue weighted by atomic mass is 10.1. The highest BCUT2D eigenvalue weighted by Gasteiger charge is 2.28. The number of hydrogen-bond donors (Lipinski definition) is 1. The predicted octanol–water partition coefficient (Wildman–Crippen LogP) is 1.11. The Kier molecular flexibility index (Phi) is 5.79. The Morgan fingerprint density at radius 3 is 3.00 bits per heavy atom. The molecule has 0 aromatic heterocycles. The quantitative estimate of drug-likeness (QED) is 0.786. The van der Waals surface area contributed by atoms with E-state index in [1.54, 1.807) is 7.11 Å². The Morgan fingerprint density at radius 2 is 2.39 bits per heavy atom. The smallest absolute Gasteiger partial charge is 0.224 e. The molecule has 2 fully saturated rings. The minimum Gasteiger partial charge on any atom is -0.383 e. The van der Waals surface area contributed by atoms with E-state index in [4.69, 9.17) is 4.74 Å². The third-order valence-corrected chi connectivity index (χ3v) is 4.93. The molecule has 2 atom stereocenters. The van der Waals surface area contributed by atoms with Crippen LogP contribution in [-0.4, -0.2) is 61.2 Å². The zero-order valence-electron chi connectivity index (χ0n) is 11.2. The monoisotopic (exact) mass is 272 g/mol. The summed E-state index contributed by atoms with van der Waals surface area (Å²) in [5, 5.41) is 3.41. The summed E-state index contributed by atoms with van der Waals surface area (Å²) in [5.74, 6) is 2.58. The van der Waals surface area contributed by atoms with E-state index in [1.807, 2.05) is 11.8 Å². The molecule has 0 saturated carbocycles. The van der Waals surface area contributed by atoms with Gasteiger partial charge in [0, 0.05) is 37.9 Å². The lowest BCUT2D eigenvalue weighted by molar-refractivity contribution is -0.134. The number of ether oxygens (including phenoxy) is 1. The van der Waals surface area contributed by atoms with Gasteiger partial charge >= 0.3 is 0 Å². The molecule has 2 heterocycles. The summed E-state index contributed by atoms with van der Waals surface area (Å²) in [4.78, 5) is 14.5. The summed E-state index contributed by atoms with van der Waals surface area (Å²) >= 11 is 1.95. The van der Waals surface area contributed by atoms with E-state index in [1.165, 1.54) is 12.2 Å². The summed E-state index contributed by atoms with van der Waals surface area (Å²) in [5.41, 5.74) is 0. The minimum absolute atomic E-state index is 0.305. The first-order valence-electron chi connectivity index (χ1n) is 6.91. The van der Waals surface area contributed by atoms with Crippen molar-refractivity contribution in [2.45, 2.75) is 37.8 Å². The molecule has 1 N–H and O–H groups in total. The number of carbonyl (C=O) groups excluding carboxylic acids is 1. The van der Waals surface area contributed by atoms with Crippen LogP contribution >= 0.6 is 11.8 Å². The van der Waals surface area contributed by atoms with E-state index in [2.05, 4.69) is 10.2 Å². The summed E-state index contributed by atoms with van der Waals surface area (Å²) in [6.07, 6.45) is 4.14. The Morgan fingerprint density at radius 1 is 1.50 bits per heavy atom. The van der Waals surface area contributed by atoms with Crippen LogP contribution in [0, 0.1) is 0 Å². The van der Waals surface area contributed by atoms with Crippen molar-refractivity contribution in [2.75, 3.05) is 38.3 Å². The van der Waals surface area contributed by atoms with Crippen molar-refractivity contribution in [3.63, 3.8) is 0 Å². The standard InChI is InChI=1S/C13H24N2O2S/c1-17-7-6-15(12-4-8-18-10-12)13(16)9-11-3-2-5-14-11/h11-12,14H,2-10H2,1H3. The van der Waals surface area contributed by atoms with Gasteiger partial charge in [0.1, 0.15) is 0 Å². The molecule has 0 aromatic rings. The molecule has 0 aromatic carbocycles. The van der Waals surface area contributed by atoms with E-state index in [0.717, 1.165) is 31.7 Å². The molecule has 104 valence electrons. The van der Waals surface area contributed by atoms with E-state index in [9.17, 15) is 4.79 Å². The van der Waals surface area contributed by atoms with E-state index in [0.29, 0.717) is 31.0 Å². The average Bonchev–Trinajstić information content (AvgIpc) is 3.02. The van der Waals surface area contributed by atoms with Gasteiger partial charge in [0.2, 0.25) is 5.91 Å². The van der Waals surface area contributed by atoms with Crippen LogP contribution in [-0.2, 0) is 9.53 Å². The third-order valence-electron chi connectivity index (χ3n) is 3.79. The molecule has 2 aliphatic heterocycles. The van der Waals surface area contributed by atoms with Crippen LogP contribution < -0.4 is 5.32 Å². The summed E-state index contributed by atoms with van der Waals surface area (Å²) < 4.78 is 5.14. The molecule has 18 heavy (non-hydrogen) atoms. The van der Waals surface area contributed by atoms with Crippen LogP contribution in [0.3, 0.4) is 0 Å². The van der Waals surface area contributed by atoms with Crippen LogP contribution in [0.5, 0.6) is 0 Å². The molecule has 0 radical (unpaired) electrons. The van der Waals surface area contributed by atoms with Gasteiger partial charge in [-0.15, -0.1) is 0 Å². The number of thioether (sulfide) groups is 1. The van der Waals surface area contributed by atoms with Crippen LogP contribution in [0.2, 0.25) is 0 Å². The lowest BCUT2D eigenvalue weighted by Gasteiger charge is -2.29. The van der Waals surface area contributed by atoms with Crippen molar-refractivity contribution < 1.29 is 9.53 Å². The zero-order chi connectivity index (χ0) is 12.8. The largest absolute Gasteiger partial charge is 0.383 e. The molecule has 2 saturated heterocycles. The van der Waals surface area contributed by atoms with Crippen molar-refractivity contribution in [1.82, 2.24) is 10.2 Å². The molecule has 2 rings (SSSR count). The molecule has 0 bridgehead atoms. The van der Waals surface area contributed by atoms with Gasteiger partial charge in [-0.3, -0.25) is 4.79 Å². The molecule has 4 nitrogen and oxygen atoms in total. The fraction of sp³-hybridized carbons (Fsp3) is 0.923. The summed E-state index contributed by atoms with van der Waals surface area (Å²) in [6, 6.07) is 0.829. The maximum absolute atomic E-state index is 12.4. The van der Waals surface area contributed by atoms with Gasteiger partial charge in [-0.25, -0.2) is 0 Å². The van der Waals surface area contributed by atoms with Crippen molar-refractivity contribution in [3.8, 4) is 0 Å². The Labute approximate surface area is 114 Å². The highest BCUT2D eigenvalue weighted by molar-refractivity contribution is 7.99. The van der Waals surface area contributed by atoms with Gasteiger partial charge in [-0.2, -0.15) is 11.8 Å². The normalized spacial score (nSPS) is 27.6. The predicted molar refractivity (Wildman–Crippen MR) is 75.0 cm³/mol. The van der Waals surface area contributed by atoms with Gasteiger partial charge in [-0.1, -0.05) is 0 Å². The topological polar surface area (TPSA) is 41.6 Å². The molecule has 5 heteroatoms.